The Kier molecular flexibility index (Phi) is 5.70. The van der Waals surface area contributed by atoms with Crippen LogP contribution in [0.4, 0.5) is 0 Å². The van der Waals surface area contributed by atoms with Gasteiger partial charge < -0.3 is 14.2 Å². The Bertz CT molecular complexity index is 1180. The molecule has 0 saturated heterocycles. The number of ether oxygens (including phenoxy) is 1. The summed E-state index contributed by atoms with van der Waals surface area (Å²) in [6, 6.07) is 15.3. The lowest BCUT2D eigenvalue weighted by molar-refractivity contribution is -0.142. The number of para-hydroxylation sites is 1. The maximum atomic E-state index is 12.5. The van der Waals surface area contributed by atoms with Crippen LogP contribution in [0.3, 0.4) is 0 Å². The zero-order valence-corrected chi connectivity index (χ0v) is 16.6. The minimum Gasteiger partial charge on any atom is -0.457 e. The third kappa shape index (κ3) is 4.15. The van der Waals surface area contributed by atoms with Crippen molar-refractivity contribution in [2.24, 2.45) is 0 Å². The smallest absolute Gasteiger partial charge is 0.306 e. The van der Waals surface area contributed by atoms with Gasteiger partial charge in [0.05, 0.1) is 6.42 Å². The number of aryl methyl sites for hydroxylation is 2. The van der Waals surface area contributed by atoms with Crippen LogP contribution in [0, 0.1) is 0 Å². The normalized spacial score (nSPS) is 11.0. The number of carbonyl (C=O) groups is 2. The highest BCUT2D eigenvalue weighted by atomic mass is 16.5. The van der Waals surface area contributed by atoms with E-state index < -0.39 is 5.97 Å². The van der Waals surface area contributed by atoms with Gasteiger partial charge in [-0.15, -0.1) is 0 Å². The zero-order chi connectivity index (χ0) is 20.9. The van der Waals surface area contributed by atoms with Crippen molar-refractivity contribution < 1.29 is 18.8 Å². The van der Waals surface area contributed by atoms with Crippen LogP contribution in [0.1, 0.15) is 35.2 Å². The molecule has 0 radical (unpaired) electrons. The average Bonchev–Trinajstić information content (AvgIpc) is 3.44. The number of esters is 1. The molecule has 0 aliphatic carbocycles. The number of hydrogen-bond donors (Lipinski definition) is 1. The molecular weight excluding hydrogens is 382 g/mol. The highest BCUT2D eigenvalue weighted by Gasteiger charge is 2.16. The van der Waals surface area contributed by atoms with E-state index in [1.54, 1.807) is 6.20 Å². The average molecular weight is 403 g/mol. The van der Waals surface area contributed by atoms with Crippen molar-refractivity contribution in [3.05, 3.63) is 71.7 Å². The number of benzene rings is 2. The molecule has 4 aromatic rings. The summed E-state index contributed by atoms with van der Waals surface area (Å²) in [6.07, 6.45) is 2.84. The maximum Gasteiger partial charge on any atom is 0.306 e. The van der Waals surface area contributed by atoms with E-state index in [0.29, 0.717) is 17.3 Å². The van der Waals surface area contributed by atoms with Gasteiger partial charge in [0.15, 0.2) is 6.61 Å². The molecule has 0 atom stereocenters. The first-order valence-electron chi connectivity index (χ1n) is 9.81. The van der Waals surface area contributed by atoms with Gasteiger partial charge in [0, 0.05) is 34.6 Å². The summed E-state index contributed by atoms with van der Waals surface area (Å²) < 4.78 is 10.3. The van der Waals surface area contributed by atoms with Crippen LogP contribution < -0.4 is 0 Å². The van der Waals surface area contributed by atoms with E-state index in [1.807, 2.05) is 48.5 Å². The van der Waals surface area contributed by atoms with Crippen LogP contribution in [-0.4, -0.2) is 33.5 Å². The summed E-state index contributed by atoms with van der Waals surface area (Å²) in [4.78, 5) is 32.0. The number of H-pyrrole nitrogens is 1. The molecule has 0 amide bonds. The molecule has 4 rings (SSSR count). The van der Waals surface area contributed by atoms with Crippen LogP contribution in [0.5, 0.6) is 0 Å². The van der Waals surface area contributed by atoms with Crippen molar-refractivity contribution in [1.29, 1.82) is 0 Å². The quantitative estimate of drug-likeness (QED) is 0.351. The Morgan fingerprint density at radius 2 is 1.93 bits per heavy atom. The number of hydrogen-bond acceptors (Lipinski definition) is 6. The monoisotopic (exact) mass is 403 g/mol. The molecule has 0 aliphatic rings. The Morgan fingerprint density at radius 1 is 1.10 bits per heavy atom. The predicted octanol–water partition coefficient (Wildman–Crippen LogP) is 4.14. The fourth-order valence-corrected chi connectivity index (χ4v) is 3.31. The number of ketones is 1. The SMILES string of the molecule is CCc1cccc2c(C(=O)COC(=O)CCc3nc(-c4ccccc4)no3)c[nH]c12. The summed E-state index contributed by atoms with van der Waals surface area (Å²) in [5.74, 6) is 0.0877. The van der Waals surface area contributed by atoms with E-state index in [0.717, 1.165) is 28.5 Å². The number of aromatic nitrogens is 3. The van der Waals surface area contributed by atoms with Gasteiger partial charge in [-0.05, 0) is 12.0 Å². The van der Waals surface area contributed by atoms with E-state index >= 15 is 0 Å². The van der Waals surface area contributed by atoms with Crippen molar-refractivity contribution in [3.63, 3.8) is 0 Å². The van der Waals surface area contributed by atoms with Crippen molar-refractivity contribution in [3.8, 4) is 11.4 Å². The van der Waals surface area contributed by atoms with Gasteiger partial charge in [-0.2, -0.15) is 4.98 Å². The lowest BCUT2D eigenvalue weighted by Gasteiger charge is -2.03. The Labute approximate surface area is 173 Å². The van der Waals surface area contributed by atoms with E-state index in [-0.39, 0.29) is 25.2 Å². The van der Waals surface area contributed by atoms with E-state index in [2.05, 4.69) is 22.0 Å². The van der Waals surface area contributed by atoms with Gasteiger partial charge in [-0.1, -0.05) is 60.6 Å². The minimum absolute atomic E-state index is 0.0531. The molecule has 0 fully saturated rings. The van der Waals surface area contributed by atoms with Crippen LogP contribution >= 0.6 is 0 Å². The van der Waals surface area contributed by atoms with Crippen LogP contribution in [0.15, 0.2) is 59.3 Å². The fraction of sp³-hybridized carbons (Fsp3) is 0.217. The predicted molar refractivity (Wildman–Crippen MR) is 111 cm³/mol. The van der Waals surface area contributed by atoms with E-state index in [1.165, 1.54) is 0 Å². The van der Waals surface area contributed by atoms with Gasteiger partial charge in [0.2, 0.25) is 17.5 Å². The summed E-state index contributed by atoms with van der Waals surface area (Å²) in [5, 5.41) is 4.76. The van der Waals surface area contributed by atoms with Crippen LogP contribution in [0.2, 0.25) is 0 Å². The first-order valence-corrected chi connectivity index (χ1v) is 9.81. The Morgan fingerprint density at radius 3 is 2.73 bits per heavy atom. The molecule has 0 saturated carbocycles. The number of nitrogens with zero attached hydrogens (tertiary/aromatic N) is 2. The van der Waals surface area contributed by atoms with Crippen LogP contribution in [-0.2, 0) is 22.4 Å². The van der Waals surface area contributed by atoms with Gasteiger partial charge >= 0.3 is 5.97 Å². The number of aromatic amines is 1. The molecule has 30 heavy (non-hydrogen) atoms. The van der Waals surface area contributed by atoms with E-state index in [9.17, 15) is 9.59 Å². The second-order valence-electron chi connectivity index (χ2n) is 6.86. The fourth-order valence-electron chi connectivity index (χ4n) is 3.31. The zero-order valence-electron chi connectivity index (χ0n) is 16.6. The first-order chi connectivity index (χ1) is 14.7. The molecule has 2 heterocycles. The third-order valence-electron chi connectivity index (χ3n) is 4.89. The third-order valence-corrected chi connectivity index (χ3v) is 4.89. The second-order valence-corrected chi connectivity index (χ2v) is 6.86. The summed E-state index contributed by atoms with van der Waals surface area (Å²) in [7, 11) is 0. The highest BCUT2D eigenvalue weighted by molar-refractivity contribution is 6.09. The number of fused-ring (bicyclic) bond motifs is 1. The molecule has 2 aromatic heterocycles. The summed E-state index contributed by atoms with van der Waals surface area (Å²) in [5.41, 5.74) is 3.45. The van der Waals surface area contributed by atoms with Gasteiger partial charge in [0.25, 0.3) is 0 Å². The first kappa shape index (κ1) is 19.6. The number of Topliss-reactive ketones (excluding diaryl/α,β-unsaturated/α-hetero) is 1. The second kappa shape index (κ2) is 8.73. The molecule has 0 unspecified atom stereocenters. The Balaban J connectivity index is 1.31. The van der Waals surface area contributed by atoms with Crippen molar-refractivity contribution in [2.45, 2.75) is 26.2 Å². The number of nitrogens with one attached hydrogen (secondary N) is 1. The maximum absolute atomic E-state index is 12.5. The number of carbonyl (C=O) groups excluding carboxylic acids is 2. The van der Waals surface area contributed by atoms with Gasteiger partial charge in [-0.3, -0.25) is 9.59 Å². The molecular formula is C23H21N3O4. The van der Waals surface area contributed by atoms with Gasteiger partial charge in [0.1, 0.15) is 0 Å². The van der Waals surface area contributed by atoms with E-state index in [4.69, 9.17) is 9.26 Å². The molecule has 2 aromatic carbocycles. The molecule has 152 valence electrons. The summed E-state index contributed by atoms with van der Waals surface area (Å²) in [6.45, 7) is 1.76. The molecule has 0 spiro atoms. The largest absolute Gasteiger partial charge is 0.457 e. The van der Waals surface area contributed by atoms with Gasteiger partial charge in [-0.25, -0.2) is 0 Å². The van der Waals surface area contributed by atoms with Crippen LogP contribution in [0.25, 0.3) is 22.3 Å². The topological polar surface area (TPSA) is 98.1 Å². The lowest BCUT2D eigenvalue weighted by Crippen LogP contribution is -2.14. The summed E-state index contributed by atoms with van der Waals surface area (Å²) >= 11 is 0. The van der Waals surface area contributed by atoms with Crippen molar-refractivity contribution in [1.82, 2.24) is 15.1 Å². The molecule has 7 nitrogen and oxygen atoms in total. The molecule has 0 bridgehead atoms. The van der Waals surface area contributed by atoms with Crippen molar-refractivity contribution in [2.75, 3.05) is 6.61 Å². The molecule has 7 heteroatoms. The minimum atomic E-state index is -0.489. The lowest BCUT2D eigenvalue weighted by atomic mass is 10.1. The van der Waals surface area contributed by atoms with Crippen molar-refractivity contribution >= 4 is 22.7 Å². The molecule has 0 aliphatic heterocycles. The Hall–Kier alpha value is -3.74. The molecule has 1 N–H and O–H groups in total. The standard InChI is InChI=1S/C23H21N3O4/c1-2-15-9-6-10-17-18(13-24-22(15)17)19(27)14-29-21(28)12-11-20-25-23(26-30-20)16-7-4-3-5-8-16/h3-10,13,24H,2,11-12,14H2,1H3. The highest BCUT2D eigenvalue weighted by Crippen LogP contribution is 2.22. The number of rotatable bonds is 8.